The first-order chi connectivity index (χ1) is 11.7. The van der Waals surface area contributed by atoms with Crippen LogP contribution in [0.1, 0.15) is 42.6 Å². The molecule has 1 aliphatic heterocycles. The number of hydrogen-bond acceptors (Lipinski definition) is 6. The van der Waals surface area contributed by atoms with E-state index < -0.39 is 11.6 Å². The molecular weight excluding hydrogens is 311 g/mol. The fourth-order valence-corrected chi connectivity index (χ4v) is 3.35. The van der Waals surface area contributed by atoms with Gasteiger partial charge in [0.2, 0.25) is 5.89 Å². The van der Waals surface area contributed by atoms with Crippen molar-refractivity contribution in [1.82, 2.24) is 15.0 Å². The Labute approximate surface area is 139 Å². The Morgan fingerprint density at radius 1 is 1.21 bits per heavy atom. The maximum Gasteiger partial charge on any atom is 0.248 e. The van der Waals surface area contributed by atoms with Gasteiger partial charge in [-0.25, -0.2) is 4.39 Å². The van der Waals surface area contributed by atoms with Crippen LogP contribution in [0.4, 0.5) is 4.39 Å². The van der Waals surface area contributed by atoms with Gasteiger partial charge in [0.25, 0.3) is 0 Å². The topological polar surface area (TPSA) is 77.4 Å². The third kappa shape index (κ3) is 2.72. The largest absolute Gasteiger partial charge is 0.379 e. The van der Waals surface area contributed by atoms with E-state index in [1.807, 2.05) is 6.07 Å². The van der Waals surface area contributed by atoms with Crippen molar-refractivity contribution in [3.63, 3.8) is 0 Å². The average molecular weight is 332 g/mol. The van der Waals surface area contributed by atoms with E-state index in [0.29, 0.717) is 43.6 Å². The fraction of sp³-hybridized carbons (Fsp3) is 0.529. The smallest absolute Gasteiger partial charge is 0.248 e. The van der Waals surface area contributed by atoms with E-state index in [-0.39, 0.29) is 5.82 Å². The number of nitrogens with two attached hydrogens (primary N) is 1. The van der Waals surface area contributed by atoms with E-state index >= 15 is 0 Å². The van der Waals surface area contributed by atoms with Crippen LogP contribution < -0.4 is 5.73 Å². The third-order valence-electron chi connectivity index (χ3n) is 4.98. The van der Waals surface area contributed by atoms with Crippen molar-refractivity contribution in [2.45, 2.75) is 30.8 Å². The summed E-state index contributed by atoms with van der Waals surface area (Å²) in [6.45, 7) is 2.58. The molecule has 7 heteroatoms. The van der Waals surface area contributed by atoms with Gasteiger partial charge in [0.15, 0.2) is 5.82 Å². The summed E-state index contributed by atoms with van der Waals surface area (Å²) in [5.41, 5.74) is 6.33. The number of nitrogens with zero attached hydrogens (tertiary/aromatic N) is 3. The molecule has 1 aromatic carbocycles. The molecule has 2 aliphatic rings. The minimum Gasteiger partial charge on any atom is -0.379 e. The molecule has 24 heavy (non-hydrogen) atoms. The summed E-state index contributed by atoms with van der Waals surface area (Å²) < 4.78 is 25.4. The summed E-state index contributed by atoms with van der Waals surface area (Å²) in [6, 6.07) is 6.30. The molecule has 6 nitrogen and oxygen atoms in total. The van der Waals surface area contributed by atoms with Crippen LogP contribution in [0.5, 0.6) is 0 Å². The molecule has 1 saturated heterocycles. The molecular formula is C17H21FN4O2. The lowest BCUT2D eigenvalue weighted by Crippen LogP contribution is -2.44. The van der Waals surface area contributed by atoms with E-state index in [1.165, 1.54) is 6.07 Å². The van der Waals surface area contributed by atoms with E-state index in [9.17, 15) is 4.39 Å². The van der Waals surface area contributed by atoms with Crippen molar-refractivity contribution in [3.05, 3.63) is 47.4 Å². The Balaban J connectivity index is 1.71. The normalized spacial score (nSPS) is 22.1. The molecule has 1 unspecified atom stereocenters. The van der Waals surface area contributed by atoms with Crippen molar-refractivity contribution < 1.29 is 13.7 Å². The number of hydrogen-bond donors (Lipinski definition) is 1. The highest BCUT2D eigenvalue weighted by Crippen LogP contribution is 2.38. The maximum atomic E-state index is 14.4. The van der Waals surface area contributed by atoms with Crippen LogP contribution in [0.15, 0.2) is 28.8 Å². The van der Waals surface area contributed by atoms with Gasteiger partial charge in [0.05, 0.1) is 18.8 Å². The summed E-state index contributed by atoms with van der Waals surface area (Å²) in [7, 11) is 0. The molecule has 0 spiro atoms. The van der Waals surface area contributed by atoms with Crippen molar-refractivity contribution in [2.75, 3.05) is 26.3 Å². The molecule has 0 radical (unpaired) electrons. The van der Waals surface area contributed by atoms with Crippen LogP contribution >= 0.6 is 0 Å². The zero-order chi connectivity index (χ0) is 16.6. The van der Waals surface area contributed by atoms with Gasteiger partial charge in [0.1, 0.15) is 11.9 Å². The second-order valence-electron chi connectivity index (χ2n) is 6.54. The summed E-state index contributed by atoms with van der Waals surface area (Å²) in [5, 5.41) is 4.09. The van der Waals surface area contributed by atoms with Crippen molar-refractivity contribution >= 4 is 0 Å². The highest BCUT2D eigenvalue weighted by molar-refractivity contribution is 5.26. The highest BCUT2D eigenvalue weighted by Gasteiger charge is 2.40. The first kappa shape index (κ1) is 15.7. The van der Waals surface area contributed by atoms with Crippen LogP contribution in [-0.2, 0) is 10.3 Å². The summed E-state index contributed by atoms with van der Waals surface area (Å²) in [4.78, 5) is 6.66. The van der Waals surface area contributed by atoms with Crippen molar-refractivity contribution in [1.29, 1.82) is 0 Å². The minimum atomic E-state index is -0.494. The molecule has 2 aromatic rings. The number of halogens is 1. The molecule has 2 N–H and O–H groups in total. The molecule has 1 saturated carbocycles. The van der Waals surface area contributed by atoms with Crippen LogP contribution in [0, 0.1) is 5.82 Å². The lowest BCUT2D eigenvalue weighted by molar-refractivity contribution is 0.0174. The van der Waals surface area contributed by atoms with Crippen LogP contribution in [0.3, 0.4) is 0 Å². The Morgan fingerprint density at radius 2 is 1.96 bits per heavy atom. The number of aromatic nitrogens is 2. The lowest BCUT2D eigenvalue weighted by atomic mass is 9.77. The van der Waals surface area contributed by atoms with Crippen LogP contribution in [-0.4, -0.2) is 41.3 Å². The summed E-state index contributed by atoms with van der Waals surface area (Å²) in [6.07, 6.45) is 2.78. The fourth-order valence-electron chi connectivity index (χ4n) is 3.35. The van der Waals surface area contributed by atoms with Gasteiger partial charge in [-0.3, -0.25) is 4.90 Å². The van der Waals surface area contributed by atoms with Gasteiger partial charge in [-0.15, -0.1) is 0 Å². The maximum absolute atomic E-state index is 14.4. The van der Waals surface area contributed by atoms with Crippen molar-refractivity contribution in [3.8, 4) is 0 Å². The molecule has 1 aliphatic carbocycles. The quantitative estimate of drug-likeness (QED) is 0.922. The molecule has 0 amide bonds. The second kappa shape index (κ2) is 6.23. The Hall–Kier alpha value is -1.83. The minimum absolute atomic E-state index is 0.278. The first-order valence-electron chi connectivity index (χ1n) is 8.36. The molecule has 1 aromatic heterocycles. The SMILES string of the molecule is NC1(c2noc(C(c3ccccc3F)N3CCOCC3)n2)CCC1. The predicted molar refractivity (Wildman–Crippen MR) is 84.6 cm³/mol. The number of ether oxygens (including phenoxy) is 1. The molecule has 2 heterocycles. The van der Waals surface area contributed by atoms with Gasteiger partial charge in [-0.05, 0) is 25.3 Å². The van der Waals surface area contributed by atoms with Gasteiger partial charge >= 0.3 is 0 Å². The van der Waals surface area contributed by atoms with Gasteiger partial charge in [0, 0.05) is 18.7 Å². The van der Waals surface area contributed by atoms with E-state index in [1.54, 1.807) is 12.1 Å². The standard InChI is InChI=1S/C17H21FN4O2/c18-13-5-2-1-4-12(13)14(22-8-10-23-11-9-22)15-20-16(21-24-15)17(19)6-3-7-17/h1-2,4-5,14H,3,6-11,19H2. The third-order valence-corrected chi connectivity index (χ3v) is 4.98. The van der Waals surface area contributed by atoms with E-state index in [0.717, 1.165) is 19.3 Å². The Bertz CT molecular complexity index is 710. The average Bonchev–Trinajstić information content (AvgIpc) is 3.06. The van der Waals surface area contributed by atoms with E-state index in [4.69, 9.17) is 15.0 Å². The summed E-state index contributed by atoms with van der Waals surface area (Å²) in [5.74, 6) is 0.645. The molecule has 0 bridgehead atoms. The van der Waals surface area contributed by atoms with Gasteiger partial charge < -0.3 is 15.0 Å². The highest BCUT2D eigenvalue weighted by atomic mass is 19.1. The van der Waals surface area contributed by atoms with Gasteiger partial charge in [-0.2, -0.15) is 4.98 Å². The predicted octanol–water partition coefficient (Wildman–Crippen LogP) is 1.97. The molecule has 128 valence electrons. The Morgan fingerprint density at radius 3 is 2.62 bits per heavy atom. The molecule has 2 fully saturated rings. The molecule has 4 rings (SSSR count). The first-order valence-corrected chi connectivity index (χ1v) is 8.36. The number of rotatable bonds is 4. The van der Waals surface area contributed by atoms with E-state index in [2.05, 4.69) is 15.0 Å². The van der Waals surface area contributed by atoms with Gasteiger partial charge in [-0.1, -0.05) is 23.4 Å². The van der Waals surface area contributed by atoms with Crippen LogP contribution in [0.2, 0.25) is 0 Å². The van der Waals surface area contributed by atoms with Crippen LogP contribution in [0.25, 0.3) is 0 Å². The lowest BCUT2D eigenvalue weighted by Gasteiger charge is -2.34. The molecule has 1 atom stereocenters. The number of morpholine rings is 1. The zero-order valence-corrected chi connectivity index (χ0v) is 13.4. The monoisotopic (exact) mass is 332 g/mol. The van der Waals surface area contributed by atoms with Crippen molar-refractivity contribution in [2.24, 2.45) is 5.73 Å². The number of benzene rings is 1. The Kier molecular flexibility index (Phi) is 4.07. The zero-order valence-electron chi connectivity index (χ0n) is 13.4. The second-order valence-corrected chi connectivity index (χ2v) is 6.54. The summed E-state index contributed by atoms with van der Waals surface area (Å²) >= 11 is 0.